The minimum Gasteiger partial charge on any atom is -0.408 e. The van der Waals surface area contributed by atoms with Gasteiger partial charge in [-0.25, -0.2) is 0 Å². The van der Waals surface area contributed by atoms with Gasteiger partial charge in [-0.2, -0.15) is 23.5 Å². The molecule has 6 rings (SSSR count). The zero-order chi connectivity index (χ0) is 53.5. The molecule has 0 radical (unpaired) electrons. The molecule has 400 valence electrons. The average Bonchev–Trinajstić information content (AvgIpc) is 3.26. The lowest BCUT2D eigenvalue weighted by Gasteiger charge is -2.44. The molecule has 2 saturated carbocycles. The zero-order valence-electron chi connectivity index (χ0n) is 46.7. The molecule has 0 aromatic heterocycles. The van der Waals surface area contributed by atoms with Crippen molar-refractivity contribution in [2.45, 2.75) is 227 Å². The molecule has 4 aromatic rings. The lowest BCUT2D eigenvalue weighted by molar-refractivity contribution is 0.125. The monoisotopic (exact) mass is 1130 g/mol. The molecule has 2 aliphatic carbocycles. The number of thioether (sulfide) groups is 2. The Morgan fingerprint density at radius 1 is 0.444 bits per heavy atom. The minimum atomic E-state index is -2.11. The van der Waals surface area contributed by atoms with Crippen LogP contribution in [0.1, 0.15) is 181 Å². The van der Waals surface area contributed by atoms with Crippen LogP contribution in [0, 0.1) is 0 Å². The highest BCUT2D eigenvalue weighted by Gasteiger charge is 2.45. The third-order valence-corrected chi connectivity index (χ3v) is 28.1. The van der Waals surface area contributed by atoms with E-state index in [0.29, 0.717) is 22.6 Å². The maximum Gasteiger partial charge on any atom is 0.193 e. The van der Waals surface area contributed by atoms with E-state index in [9.17, 15) is 0 Å². The van der Waals surface area contributed by atoms with Gasteiger partial charge >= 0.3 is 0 Å². The van der Waals surface area contributed by atoms with Crippen molar-refractivity contribution in [3.63, 3.8) is 0 Å². The van der Waals surface area contributed by atoms with Crippen LogP contribution < -0.4 is 10.6 Å². The number of nitrogens with one attached hydrogen (secondary N) is 2. The first-order valence-corrected chi connectivity index (χ1v) is 35.7. The van der Waals surface area contributed by atoms with Crippen molar-refractivity contribution in [1.82, 2.24) is 10.6 Å². The summed E-state index contributed by atoms with van der Waals surface area (Å²) < 4.78 is 14.9. The van der Waals surface area contributed by atoms with Crippen molar-refractivity contribution in [1.29, 1.82) is 0 Å². The summed E-state index contributed by atoms with van der Waals surface area (Å²) in [7, 11) is -4.22. The number of hydrogen-bond acceptors (Lipinski definition) is 6. The van der Waals surface area contributed by atoms with E-state index in [1.165, 1.54) is 62.5 Å². The Morgan fingerprint density at radius 2 is 0.764 bits per heavy atom. The number of benzene rings is 4. The molecule has 0 heterocycles. The Hall–Kier alpha value is -0.986. The Bertz CT molecular complexity index is 2130. The Morgan fingerprint density at radius 3 is 1.06 bits per heavy atom. The van der Waals surface area contributed by atoms with Crippen LogP contribution in [0.25, 0.3) is 0 Å². The summed E-state index contributed by atoms with van der Waals surface area (Å²) in [4.78, 5) is 0. The predicted molar refractivity (Wildman–Crippen MR) is 326 cm³/mol. The van der Waals surface area contributed by atoms with Crippen LogP contribution >= 0.6 is 69.9 Å². The molecular formula is C60H90Cl4N2O2S2Si2. The minimum absolute atomic E-state index is 0.0129. The molecule has 4 nitrogen and oxygen atoms in total. The summed E-state index contributed by atoms with van der Waals surface area (Å²) in [5, 5.41) is 12.6. The van der Waals surface area contributed by atoms with Crippen LogP contribution in [0.4, 0.5) is 0 Å². The van der Waals surface area contributed by atoms with E-state index in [-0.39, 0.29) is 43.9 Å². The Balaban J connectivity index is 0.000000267. The smallest absolute Gasteiger partial charge is 0.193 e. The maximum absolute atomic E-state index is 7.25. The van der Waals surface area contributed by atoms with Gasteiger partial charge in [0.25, 0.3) is 0 Å². The van der Waals surface area contributed by atoms with E-state index >= 15 is 0 Å². The van der Waals surface area contributed by atoms with Crippen molar-refractivity contribution in [3.8, 4) is 0 Å². The van der Waals surface area contributed by atoms with Gasteiger partial charge in [0, 0.05) is 52.2 Å². The Kier molecular flexibility index (Phi) is 22.4. The summed E-state index contributed by atoms with van der Waals surface area (Å²) in [6.07, 6.45) is 9.66. The molecule has 0 spiro atoms. The molecule has 4 aromatic carbocycles. The first kappa shape index (κ1) is 61.9. The van der Waals surface area contributed by atoms with E-state index < -0.39 is 16.6 Å². The molecule has 0 unspecified atom stereocenters. The fraction of sp³-hybridized carbons (Fsp3) is 0.600. The van der Waals surface area contributed by atoms with Crippen LogP contribution in [0.5, 0.6) is 0 Å². The van der Waals surface area contributed by atoms with Crippen molar-refractivity contribution < 1.29 is 8.85 Å². The summed E-state index contributed by atoms with van der Waals surface area (Å²) in [5.74, 6) is 0. The first-order valence-electron chi connectivity index (χ1n) is 26.6. The lowest BCUT2D eigenvalue weighted by Crippen LogP contribution is -2.48. The van der Waals surface area contributed by atoms with Gasteiger partial charge in [-0.1, -0.05) is 204 Å². The van der Waals surface area contributed by atoms with Gasteiger partial charge in [0.05, 0.1) is 24.3 Å². The van der Waals surface area contributed by atoms with Crippen LogP contribution in [0.2, 0.25) is 56.4 Å². The number of hydrogen-bond donors (Lipinski definition) is 2. The molecule has 2 aliphatic rings. The predicted octanol–water partition coefficient (Wildman–Crippen LogP) is 20.5. The summed E-state index contributed by atoms with van der Waals surface area (Å²) in [6, 6.07) is 33.8. The second-order valence-corrected chi connectivity index (χ2v) is 40.8. The van der Waals surface area contributed by atoms with Crippen LogP contribution in [0.3, 0.4) is 0 Å². The third kappa shape index (κ3) is 18.6. The molecule has 0 amide bonds. The molecule has 12 heteroatoms. The fourth-order valence-corrected chi connectivity index (χ4v) is 15.6. The van der Waals surface area contributed by atoms with Gasteiger partial charge in [0.1, 0.15) is 0 Å². The van der Waals surface area contributed by atoms with E-state index in [4.69, 9.17) is 55.3 Å². The van der Waals surface area contributed by atoms with Gasteiger partial charge in [-0.15, -0.1) is 0 Å². The van der Waals surface area contributed by atoms with Crippen molar-refractivity contribution >= 4 is 86.6 Å². The molecule has 2 N–H and O–H groups in total. The van der Waals surface area contributed by atoms with E-state index in [1.54, 1.807) is 0 Å². The van der Waals surface area contributed by atoms with Gasteiger partial charge in [-0.05, 0) is 133 Å². The molecule has 72 heavy (non-hydrogen) atoms. The highest BCUT2D eigenvalue weighted by molar-refractivity contribution is 8.01. The first-order chi connectivity index (χ1) is 33.3. The van der Waals surface area contributed by atoms with Gasteiger partial charge in [-0.3, -0.25) is 0 Å². The topological polar surface area (TPSA) is 42.5 Å². The summed E-state index contributed by atoms with van der Waals surface area (Å²) >= 11 is 29.9. The molecule has 0 aliphatic heterocycles. The Labute approximate surface area is 469 Å². The van der Waals surface area contributed by atoms with Crippen LogP contribution in [-0.2, 0) is 8.85 Å². The number of rotatable bonds is 16. The van der Waals surface area contributed by atoms with Crippen molar-refractivity contribution in [2.24, 2.45) is 0 Å². The highest BCUT2D eigenvalue weighted by atomic mass is 35.5. The lowest BCUT2D eigenvalue weighted by atomic mass is 9.90. The standard InChI is InChI=1S/2C30H45Cl2NOSSi/c2*1-29(2,3)35-26-15-10-9-14-25(26)33-27(21-16-18-23(31)19-17-21)28(22-12-11-13-24(32)20-22)34-36(7,8)30(4,5)6/h2*11-13,16-20,25-28,33H,9-10,14-15H2,1-8H3/t25-,26+,27+,28+;25-,26-,27+,28+/m00/s1. The molecular weight excluding hydrogens is 1040 g/mol. The van der Waals surface area contributed by atoms with Gasteiger partial charge < -0.3 is 19.5 Å². The zero-order valence-corrected chi connectivity index (χ0v) is 53.3. The average molecular weight is 1130 g/mol. The third-order valence-electron chi connectivity index (χ3n) is 15.1. The highest BCUT2D eigenvalue weighted by Crippen LogP contribution is 2.48. The second kappa shape index (κ2) is 26.1. The quantitative estimate of drug-likeness (QED) is 0.109. The molecule has 0 saturated heterocycles. The molecule has 2 fully saturated rings. The largest absolute Gasteiger partial charge is 0.408 e. The fourth-order valence-electron chi connectivity index (χ4n) is 9.30. The van der Waals surface area contributed by atoms with Crippen LogP contribution in [0.15, 0.2) is 97.1 Å². The van der Waals surface area contributed by atoms with Gasteiger partial charge in [0.2, 0.25) is 0 Å². The SMILES string of the molecule is CC(C)(C)S[C@@H]1CCCC[C@@H]1N[C@H](c1ccc(Cl)cc1)[C@H](O[Si](C)(C)C(C)(C)C)c1cccc(Cl)c1.CC(C)(C)S[C@H]1CCCC[C@@H]1N[C@H](c1ccc(Cl)cc1)[C@H](O[Si](C)(C)C(C)(C)C)c1cccc(Cl)c1. The molecule has 8 atom stereocenters. The van der Waals surface area contributed by atoms with E-state index in [2.05, 4.69) is 192 Å². The van der Waals surface area contributed by atoms with E-state index in [0.717, 1.165) is 31.2 Å². The summed E-state index contributed by atoms with van der Waals surface area (Å²) in [6.45, 7) is 37.1. The normalized spacial score (nSPS) is 21.3. The maximum atomic E-state index is 7.25. The molecule has 0 bridgehead atoms. The van der Waals surface area contributed by atoms with Crippen molar-refractivity contribution in [2.75, 3.05) is 0 Å². The van der Waals surface area contributed by atoms with Crippen LogP contribution in [-0.4, -0.2) is 48.7 Å². The second-order valence-electron chi connectivity index (χ2n) is 25.4. The summed E-state index contributed by atoms with van der Waals surface area (Å²) in [5.41, 5.74) is 4.65. The number of halogens is 4. The van der Waals surface area contributed by atoms with Crippen molar-refractivity contribution in [3.05, 3.63) is 139 Å². The van der Waals surface area contributed by atoms with Gasteiger partial charge in [0.15, 0.2) is 16.6 Å². The van der Waals surface area contributed by atoms with E-state index in [1.807, 2.05) is 48.5 Å².